The van der Waals surface area contributed by atoms with Crippen LogP contribution in [-0.2, 0) is 10.0 Å². The summed E-state index contributed by atoms with van der Waals surface area (Å²) in [5.41, 5.74) is -0.0506. The van der Waals surface area contributed by atoms with Gasteiger partial charge >= 0.3 is 0 Å². The molecule has 1 fully saturated rings. The zero-order valence-electron chi connectivity index (χ0n) is 10.3. The first-order chi connectivity index (χ1) is 8.14. The number of thiazole rings is 1. The topological polar surface area (TPSA) is 79.3 Å². The molecule has 1 saturated carbocycles. The van der Waals surface area contributed by atoms with Gasteiger partial charge in [-0.2, -0.15) is 0 Å². The first-order valence-electron chi connectivity index (χ1n) is 5.48. The third-order valence-corrected chi connectivity index (χ3v) is 6.83. The smallest absolute Gasteiger partial charge is 0.252 e. The summed E-state index contributed by atoms with van der Waals surface area (Å²) in [7, 11) is -3.61. The fraction of sp³-hybridized carbons (Fsp3) is 0.700. The van der Waals surface area contributed by atoms with Crippen LogP contribution in [0, 0.1) is 12.3 Å². The molecular weight excluding hydrogens is 296 g/mol. The number of halogens is 1. The van der Waals surface area contributed by atoms with E-state index in [1.54, 1.807) is 6.92 Å². The Morgan fingerprint density at radius 2 is 2.17 bits per heavy atom. The van der Waals surface area contributed by atoms with Crippen molar-refractivity contribution in [1.29, 1.82) is 0 Å². The lowest BCUT2D eigenvalue weighted by atomic mass is 9.65. The molecule has 18 heavy (non-hydrogen) atoms. The lowest BCUT2D eigenvalue weighted by molar-refractivity contribution is -0.0645. The van der Waals surface area contributed by atoms with Crippen LogP contribution >= 0.6 is 22.9 Å². The van der Waals surface area contributed by atoms with Crippen molar-refractivity contribution in [1.82, 2.24) is 9.71 Å². The molecule has 1 aromatic rings. The van der Waals surface area contributed by atoms with Crippen molar-refractivity contribution in [2.45, 2.75) is 43.5 Å². The minimum Gasteiger partial charge on any atom is -0.392 e. The second kappa shape index (κ2) is 4.42. The van der Waals surface area contributed by atoms with Crippen LogP contribution < -0.4 is 4.72 Å². The fourth-order valence-electron chi connectivity index (χ4n) is 1.94. The Morgan fingerprint density at radius 3 is 2.56 bits per heavy atom. The van der Waals surface area contributed by atoms with Crippen LogP contribution in [0.1, 0.15) is 26.0 Å². The predicted molar refractivity (Wildman–Crippen MR) is 70.4 cm³/mol. The number of hydrogen-bond acceptors (Lipinski definition) is 5. The van der Waals surface area contributed by atoms with E-state index in [4.69, 9.17) is 11.6 Å². The van der Waals surface area contributed by atoms with E-state index in [1.165, 1.54) is 0 Å². The second-order valence-electron chi connectivity index (χ2n) is 5.09. The standard InChI is InChI=1S/C10H15ClN2O3S2/c1-5-8(17-9(11)12-5)18(15,16)13-6-4-7(14)10(6,2)3/h6-7,13-14H,4H2,1-3H3. The normalized spacial score (nSPS) is 26.9. The molecule has 0 amide bonds. The maximum Gasteiger partial charge on any atom is 0.252 e. The molecule has 2 N–H and O–H groups in total. The Kier molecular flexibility index (Phi) is 3.48. The van der Waals surface area contributed by atoms with E-state index in [0.29, 0.717) is 12.1 Å². The van der Waals surface area contributed by atoms with Crippen LogP contribution in [0.2, 0.25) is 4.47 Å². The summed E-state index contributed by atoms with van der Waals surface area (Å²) in [6.45, 7) is 5.28. The average molecular weight is 311 g/mol. The number of rotatable bonds is 3. The van der Waals surface area contributed by atoms with Gasteiger partial charge in [0, 0.05) is 11.5 Å². The van der Waals surface area contributed by atoms with E-state index in [-0.39, 0.29) is 14.7 Å². The number of aliphatic hydroxyl groups is 1. The molecule has 0 bridgehead atoms. The van der Waals surface area contributed by atoms with E-state index in [1.807, 2.05) is 13.8 Å². The van der Waals surface area contributed by atoms with Crippen molar-refractivity contribution in [2.24, 2.45) is 5.41 Å². The maximum atomic E-state index is 12.2. The number of nitrogens with zero attached hydrogens (tertiary/aromatic N) is 1. The van der Waals surface area contributed by atoms with Gasteiger partial charge in [-0.3, -0.25) is 0 Å². The number of aryl methyl sites for hydroxylation is 1. The summed E-state index contributed by atoms with van der Waals surface area (Å²) in [5, 5.41) is 9.61. The van der Waals surface area contributed by atoms with Crippen LogP contribution in [0.3, 0.4) is 0 Å². The van der Waals surface area contributed by atoms with Crippen molar-refractivity contribution in [2.75, 3.05) is 0 Å². The van der Waals surface area contributed by atoms with Gasteiger partial charge < -0.3 is 5.11 Å². The molecule has 0 aliphatic heterocycles. The Bertz CT molecular complexity index is 568. The maximum absolute atomic E-state index is 12.2. The van der Waals surface area contributed by atoms with E-state index in [9.17, 15) is 13.5 Å². The summed E-state index contributed by atoms with van der Waals surface area (Å²) in [4.78, 5) is 3.90. The minimum atomic E-state index is -3.61. The second-order valence-corrected chi connectivity index (χ2v) is 8.58. The largest absolute Gasteiger partial charge is 0.392 e. The van der Waals surface area contributed by atoms with Gasteiger partial charge in [0.05, 0.1) is 11.8 Å². The molecule has 0 radical (unpaired) electrons. The molecule has 8 heteroatoms. The molecule has 2 rings (SSSR count). The molecule has 1 aromatic heterocycles. The Morgan fingerprint density at radius 1 is 1.56 bits per heavy atom. The van der Waals surface area contributed by atoms with Gasteiger partial charge in [-0.05, 0) is 13.3 Å². The average Bonchev–Trinajstić information content (AvgIpc) is 2.58. The molecule has 0 spiro atoms. The molecule has 2 unspecified atom stereocenters. The predicted octanol–water partition coefficient (Wildman–Crippen LogP) is 1.54. The van der Waals surface area contributed by atoms with Crippen LogP contribution in [0.25, 0.3) is 0 Å². The van der Waals surface area contributed by atoms with Crippen LogP contribution in [0.15, 0.2) is 4.21 Å². The van der Waals surface area contributed by atoms with E-state index < -0.39 is 21.5 Å². The van der Waals surface area contributed by atoms with Gasteiger partial charge in [-0.15, -0.1) is 0 Å². The highest BCUT2D eigenvalue weighted by atomic mass is 35.5. The van der Waals surface area contributed by atoms with Crippen LogP contribution in [0.4, 0.5) is 0 Å². The zero-order valence-corrected chi connectivity index (χ0v) is 12.7. The third kappa shape index (κ3) is 2.30. The molecular formula is C10H15ClN2O3S2. The van der Waals surface area contributed by atoms with Gasteiger partial charge in [-0.1, -0.05) is 36.8 Å². The number of nitrogens with one attached hydrogen (secondary N) is 1. The molecule has 0 saturated heterocycles. The third-order valence-electron chi connectivity index (χ3n) is 3.49. The monoisotopic (exact) mass is 310 g/mol. The lowest BCUT2D eigenvalue weighted by Crippen LogP contribution is -2.61. The summed E-state index contributed by atoms with van der Waals surface area (Å²) in [5.74, 6) is 0. The van der Waals surface area contributed by atoms with Crippen molar-refractivity contribution >= 4 is 33.0 Å². The van der Waals surface area contributed by atoms with Gasteiger partial charge in [0.15, 0.2) is 8.68 Å². The number of sulfonamides is 1. The highest BCUT2D eigenvalue weighted by Gasteiger charge is 2.49. The Balaban J connectivity index is 2.22. The number of aliphatic hydroxyl groups excluding tert-OH is 1. The van der Waals surface area contributed by atoms with Crippen molar-refractivity contribution in [3.05, 3.63) is 10.2 Å². The molecule has 1 aliphatic carbocycles. The summed E-state index contributed by atoms with van der Waals surface area (Å²) in [6, 6.07) is -0.266. The van der Waals surface area contributed by atoms with Gasteiger partial charge in [-0.25, -0.2) is 18.1 Å². The fourth-order valence-corrected chi connectivity index (χ4v) is 5.10. The van der Waals surface area contributed by atoms with Crippen LogP contribution in [0.5, 0.6) is 0 Å². The molecule has 1 aliphatic rings. The zero-order chi connectivity index (χ0) is 13.7. The van der Waals surface area contributed by atoms with Gasteiger partial charge in [0.2, 0.25) is 0 Å². The molecule has 102 valence electrons. The van der Waals surface area contributed by atoms with Gasteiger partial charge in [0.25, 0.3) is 10.0 Å². The molecule has 5 nitrogen and oxygen atoms in total. The first kappa shape index (κ1) is 14.2. The molecule has 1 heterocycles. The summed E-state index contributed by atoms with van der Waals surface area (Å²) >= 11 is 6.65. The van der Waals surface area contributed by atoms with Crippen molar-refractivity contribution < 1.29 is 13.5 Å². The van der Waals surface area contributed by atoms with Crippen LogP contribution in [-0.4, -0.2) is 30.7 Å². The Hall–Kier alpha value is -0.210. The SMILES string of the molecule is Cc1nc(Cl)sc1S(=O)(=O)NC1CC(O)C1(C)C. The highest BCUT2D eigenvalue weighted by molar-refractivity contribution is 7.91. The number of aromatic nitrogens is 1. The summed E-state index contributed by atoms with van der Waals surface area (Å²) in [6.07, 6.45) is -0.0472. The molecule has 2 atom stereocenters. The van der Waals surface area contributed by atoms with E-state index >= 15 is 0 Å². The van der Waals surface area contributed by atoms with E-state index in [2.05, 4.69) is 9.71 Å². The highest BCUT2D eigenvalue weighted by Crippen LogP contribution is 2.41. The minimum absolute atomic E-state index is 0.143. The summed E-state index contributed by atoms with van der Waals surface area (Å²) < 4.78 is 27.3. The molecule has 0 aromatic carbocycles. The quantitative estimate of drug-likeness (QED) is 0.887. The van der Waals surface area contributed by atoms with E-state index in [0.717, 1.165) is 11.3 Å². The first-order valence-corrected chi connectivity index (χ1v) is 8.15. The van der Waals surface area contributed by atoms with Gasteiger partial charge in [0.1, 0.15) is 0 Å². The lowest BCUT2D eigenvalue weighted by Gasteiger charge is -2.49. The number of hydrogen-bond donors (Lipinski definition) is 2. The van der Waals surface area contributed by atoms with Crippen molar-refractivity contribution in [3.8, 4) is 0 Å². The van der Waals surface area contributed by atoms with Crippen molar-refractivity contribution in [3.63, 3.8) is 0 Å². The Labute approximate surface area is 115 Å².